The van der Waals surface area contributed by atoms with E-state index in [9.17, 15) is 19.1 Å². The van der Waals surface area contributed by atoms with Crippen LogP contribution in [-0.2, 0) is 28.0 Å². The minimum Gasteiger partial charge on any atom is -0.493 e. The molecule has 0 spiro atoms. The molecule has 4 rings (SSSR count). The average Bonchev–Trinajstić information content (AvgIpc) is 3.66. The summed E-state index contributed by atoms with van der Waals surface area (Å²) in [6, 6.07) is 12.3. The number of aliphatic hydroxyl groups is 1. The number of aryl methyl sites for hydroxylation is 1. The summed E-state index contributed by atoms with van der Waals surface area (Å²) in [5.74, 6) is -0.647. The quantitative estimate of drug-likeness (QED) is 0.492. The number of nitrogens with one attached hydrogen (secondary N) is 3. The van der Waals surface area contributed by atoms with Crippen molar-refractivity contribution in [3.05, 3.63) is 65.0 Å². The molecule has 0 saturated heterocycles. The zero-order valence-electron chi connectivity index (χ0n) is 20.8. The molecule has 1 saturated carbocycles. The van der Waals surface area contributed by atoms with Gasteiger partial charge in [-0.05, 0) is 67.3 Å². The fourth-order valence-electron chi connectivity index (χ4n) is 4.69. The van der Waals surface area contributed by atoms with E-state index in [0.717, 1.165) is 19.3 Å². The second-order valence-electron chi connectivity index (χ2n) is 9.84. The first-order chi connectivity index (χ1) is 17.4. The van der Waals surface area contributed by atoms with Crippen LogP contribution in [0.4, 0.5) is 4.39 Å². The topological polar surface area (TPSA) is 99.7 Å². The summed E-state index contributed by atoms with van der Waals surface area (Å²) in [4.78, 5) is 24.7. The zero-order chi connectivity index (χ0) is 25.5. The molecule has 0 unspecified atom stereocenters. The number of aliphatic hydroxyl groups excluding tert-OH is 1. The van der Waals surface area contributed by atoms with Crippen molar-refractivity contribution in [3.8, 4) is 5.75 Å². The molecule has 2 bridgehead atoms. The highest BCUT2D eigenvalue weighted by atomic mass is 19.1. The fourth-order valence-corrected chi connectivity index (χ4v) is 4.69. The molecule has 1 fully saturated rings. The van der Waals surface area contributed by atoms with E-state index in [0.29, 0.717) is 30.8 Å². The van der Waals surface area contributed by atoms with Gasteiger partial charge in [0.15, 0.2) is 0 Å². The average molecular weight is 498 g/mol. The molecular formula is C28H36FN3O4. The smallest absolute Gasteiger partial charge is 0.239 e. The predicted octanol–water partition coefficient (Wildman–Crippen LogP) is 2.73. The van der Waals surface area contributed by atoms with Crippen molar-refractivity contribution < 1.29 is 23.8 Å². The number of carbonyl (C=O) groups is 2. The Bertz CT molecular complexity index is 1070. The number of carbonyl (C=O) groups excluding carboxylic acids is 2. The van der Waals surface area contributed by atoms with Gasteiger partial charge in [-0.3, -0.25) is 9.59 Å². The molecular weight excluding hydrogens is 461 g/mol. The lowest BCUT2D eigenvalue weighted by Gasteiger charge is -2.27. The first-order valence-electron chi connectivity index (χ1n) is 12.9. The van der Waals surface area contributed by atoms with Crippen LogP contribution in [0.5, 0.6) is 5.75 Å². The Kier molecular flexibility index (Phi) is 8.59. The highest BCUT2D eigenvalue weighted by molar-refractivity contribution is 5.84. The van der Waals surface area contributed by atoms with Crippen LogP contribution in [0.3, 0.4) is 0 Å². The minimum absolute atomic E-state index is 0.172. The van der Waals surface area contributed by atoms with Crippen molar-refractivity contribution in [2.45, 2.75) is 69.6 Å². The maximum absolute atomic E-state index is 14.3. The van der Waals surface area contributed by atoms with Crippen molar-refractivity contribution in [2.24, 2.45) is 0 Å². The van der Waals surface area contributed by atoms with E-state index in [2.05, 4.69) is 47.1 Å². The number of hydrogen-bond donors (Lipinski definition) is 4. The van der Waals surface area contributed by atoms with Gasteiger partial charge in [0.2, 0.25) is 11.8 Å². The van der Waals surface area contributed by atoms with Crippen molar-refractivity contribution in [1.29, 1.82) is 0 Å². The van der Waals surface area contributed by atoms with E-state index in [1.165, 1.54) is 23.3 Å². The number of ether oxygens (including phenoxy) is 1. The van der Waals surface area contributed by atoms with Crippen LogP contribution in [0.25, 0.3) is 0 Å². The molecule has 1 heterocycles. The highest BCUT2D eigenvalue weighted by Gasteiger charge is 2.44. The van der Waals surface area contributed by atoms with Crippen LogP contribution < -0.4 is 20.7 Å². The molecule has 194 valence electrons. The van der Waals surface area contributed by atoms with Crippen LogP contribution in [0.15, 0.2) is 42.5 Å². The van der Waals surface area contributed by atoms with Crippen LogP contribution in [0, 0.1) is 5.82 Å². The Morgan fingerprint density at radius 1 is 1.17 bits per heavy atom. The van der Waals surface area contributed by atoms with Gasteiger partial charge in [-0.15, -0.1) is 0 Å². The lowest BCUT2D eigenvalue weighted by Crippen LogP contribution is -2.52. The first kappa shape index (κ1) is 26.1. The number of amides is 2. The van der Waals surface area contributed by atoms with Gasteiger partial charge in [-0.1, -0.05) is 31.2 Å². The third kappa shape index (κ3) is 7.04. The second-order valence-corrected chi connectivity index (χ2v) is 9.84. The van der Waals surface area contributed by atoms with Crippen molar-refractivity contribution in [2.75, 3.05) is 19.7 Å². The predicted molar refractivity (Wildman–Crippen MR) is 135 cm³/mol. The first-order valence-corrected chi connectivity index (χ1v) is 12.9. The largest absolute Gasteiger partial charge is 0.493 e. The lowest BCUT2D eigenvalue weighted by molar-refractivity contribution is -0.126. The Labute approximate surface area is 211 Å². The van der Waals surface area contributed by atoms with Gasteiger partial charge in [0.25, 0.3) is 0 Å². The van der Waals surface area contributed by atoms with Crippen LogP contribution >= 0.6 is 0 Å². The number of rotatable bonds is 6. The summed E-state index contributed by atoms with van der Waals surface area (Å²) < 4.78 is 20.0. The van der Waals surface area contributed by atoms with Gasteiger partial charge < -0.3 is 25.8 Å². The third-order valence-corrected chi connectivity index (χ3v) is 7.00. The molecule has 36 heavy (non-hydrogen) atoms. The van der Waals surface area contributed by atoms with Gasteiger partial charge in [0, 0.05) is 24.6 Å². The third-order valence-electron chi connectivity index (χ3n) is 7.00. The molecule has 8 heteroatoms. The maximum Gasteiger partial charge on any atom is 0.239 e. The van der Waals surface area contributed by atoms with Crippen LogP contribution in [-0.4, -0.2) is 48.8 Å². The minimum atomic E-state index is -0.931. The number of benzene rings is 2. The van der Waals surface area contributed by atoms with E-state index in [1.54, 1.807) is 6.07 Å². The molecule has 0 radical (unpaired) electrons. The summed E-state index contributed by atoms with van der Waals surface area (Å²) in [6.45, 7) is 2.57. The zero-order valence-corrected chi connectivity index (χ0v) is 20.8. The Morgan fingerprint density at radius 2 is 2.00 bits per heavy atom. The number of fused-ring (bicyclic) bond motifs is 2. The molecule has 2 atom stereocenters. The molecule has 1 aliphatic heterocycles. The summed E-state index contributed by atoms with van der Waals surface area (Å²) >= 11 is 0. The van der Waals surface area contributed by atoms with Gasteiger partial charge >= 0.3 is 0 Å². The number of hydrogen-bond acceptors (Lipinski definition) is 5. The van der Waals surface area contributed by atoms with Crippen LogP contribution in [0.2, 0.25) is 0 Å². The second kappa shape index (κ2) is 11.8. The lowest BCUT2D eigenvalue weighted by atomic mass is 9.98. The molecule has 1 aliphatic carbocycles. The van der Waals surface area contributed by atoms with Gasteiger partial charge in [0.05, 0.1) is 25.3 Å². The molecule has 7 nitrogen and oxygen atoms in total. The van der Waals surface area contributed by atoms with Gasteiger partial charge in [-0.2, -0.15) is 0 Å². The van der Waals surface area contributed by atoms with E-state index in [-0.39, 0.29) is 37.4 Å². The molecule has 4 N–H and O–H groups in total. The van der Waals surface area contributed by atoms with Gasteiger partial charge in [0.1, 0.15) is 11.6 Å². The van der Waals surface area contributed by atoms with E-state index >= 15 is 0 Å². The highest BCUT2D eigenvalue weighted by Crippen LogP contribution is 2.45. The monoisotopic (exact) mass is 497 g/mol. The molecule has 2 aromatic rings. The van der Waals surface area contributed by atoms with Crippen molar-refractivity contribution in [1.82, 2.24) is 16.0 Å². The van der Waals surface area contributed by atoms with E-state index < -0.39 is 23.9 Å². The summed E-state index contributed by atoms with van der Waals surface area (Å²) in [5.41, 5.74) is 2.91. The van der Waals surface area contributed by atoms with Crippen molar-refractivity contribution >= 4 is 11.8 Å². The standard InChI is InChI=1S/C28H36FN3O4/c1-2-19-6-5-7-21(12-19)28(9-10-28)31-17-25(33)24-15-20-13-22(29)16-23(14-20)36-11-4-3-8-26(34)30-18-27(35)32-24/h5-7,12-14,16,24-25,31,33H,2-4,8-11,15,17-18H2,1H3,(H,30,34)(H,32,35)/t24-,25+/m0/s1. The SMILES string of the molecule is CCc1cccc(C2(NC[C@@H](O)[C@@H]3Cc4cc(F)cc(c4)OCCCCC(=O)NCC(=O)N3)CC2)c1. The maximum atomic E-state index is 14.3. The molecule has 0 aromatic heterocycles. The summed E-state index contributed by atoms with van der Waals surface area (Å²) in [7, 11) is 0. The van der Waals surface area contributed by atoms with E-state index in [1.807, 2.05) is 0 Å². The Morgan fingerprint density at radius 3 is 2.78 bits per heavy atom. The molecule has 2 aromatic carbocycles. The fraction of sp³-hybridized carbons (Fsp3) is 0.500. The number of halogens is 1. The van der Waals surface area contributed by atoms with Gasteiger partial charge in [-0.25, -0.2) is 4.39 Å². The van der Waals surface area contributed by atoms with Crippen LogP contribution in [0.1, 0.15) is 55.7 Å². The normalized spacial score (nSPS) is 21.2. The Balaban J connectivity index is 1.49. The summed E-state index contributed by atoms with van der Waals surface area (Å²) in [5, 5.41) is 20.1. The Hall–Kier alpha value is -2.97. The molecule has 2 amide bonds. The summed E-state index contributed by atoms with van der Waals surface area (Å²) in [6.07, 6.45) is 3.71. The van der Waals surface area contributed by atoms with E-state index in [4.69, 9.17) is 4.74 Å². The van der Waals surface area contributed by atoms with Crippen molar-refractivity contribution in [3.63, 3.8) is 0 Å². The molecule has 2 aliphatic rings.